The molecule has 0 aliphatic rings. The third-order valence-corrected chi connectivity index (χ3v) is 4.88. The molecule has 0 aliphatic carbocycles. The van der Waals surface area contributed by atoms with Gasteiger partial charge in [-0.05, 0) is 42.3 Å². The summed E-state index contributed by atoms with van der Waals surface area (Å²) in [6.07, 6.45) is 1.48. The van der Waals surface area contributed by atoms with E-state index in [2.05, 4.69) is 14.9 Å². The molecule has 0 fully saturated rings. The summed E-state index contributed by atoms with van der Waals surface area (Å²) in [6, 6.07) is 14.4. The van der Waals surface area contributed by atoms with Gasteiger partial charge in [-0.2, -0.15) is 4.98 Å². The van der Waals surface area contributed by atoms with Crippen molar-refractivity contribution in [2.24, 2.45) is 0 Å². The first-order chi connectivity index (χ1) is 12.4. The monoisotopic (exact) mass is 389 g/mol. The topological polar surface area (TPSA) is 85.1 Å². The SMILES string of the molecule is Cc1ccccc1-c1nc(CNS(=O)(=O)C=Cc2ccc(Cl)cc2)no1. The fourth-order valence-corrected chi connectivity index (χ4v) is 3.09. The number of aromatic nitrogens is 2. The molecule has 1 heterocycles. The number of nitrogens with zero attached hydrogens (tertiary/aromatic N) is 2. The number of halogens is 1. The van der Waals surface area contributed by atoms with Gasteiger partial charge in [0, 0.05) is 16.0 Å². The van der Waals surface area contributed by atoms with Gasteiger partial charge in [0.05, 0.1) is 6.54 Å². The lowest BCUT2D eigenvalue weighted by Crippen LogP contribution is -2.21. The molecular weight excluding hydrogens is 374 g/mol. The van der Waals surface area contributed by atoms with Crippen LogP contribution in [0.15, 0.2) is 58.5 Å². The minimum Gasteiger partial charge on any atom is -0.334 e. The minimum atomic E-state index is -3.64. The molecule has 134 valence electrons. The zero-order valence-corrected chi connectivity index (χ0v) is 15.5. The van der Waals surface area contributed by atoms with E-state index in [1.807, 2.05) is 31.2 Å². The maximum absolute atomic E-state index is 12.1. The van der Waals surface area contributed by atoms with Gasteiger partial charge in [0.2, 0.25) is 10.0 Å². The maximum atomic E-state index is 12.1. The van der Waals surface area contributed by atoms with Crippen LogP contribution in [0.3, 0.4) is 0 Å². The number of sulfonamides is 1. The van der Waals surface area contributed by atoms with Crippen LogP contribution in [0.4, 0.5) is 0 Å². The zero-order valence-electron chi connectivity index (χ0n) is 13.9. The third-order valence-electron chi connectivity index (χ3n) is 3.58. The molecule has 8 heteroatoms. The van der Waals surface area contributed by atoms with Crippen molar-refractivity contribution >= 4 is 27.7 Å². The molecule has 1 N–H and O–H groups in total. The maximum Gasteiger partial charge on any atom is 0.258 e. The van der Waals surface area contributed by atoms with E-state index >= 15 is 0 Å². The highest BCUT2D eigenvalue weighted by Crippen LogP contribution is 2.20. The molecule has 0 saturated heterocycles. The molecule has 0 radical (unpaired) electrons. The highest BCUT2D eigenvalue weighted by molar-refractivity contribution is 7.92. The summed E-state index contributed by atoms with van der Waals surface area (Å²) in [5.41, 5.74) is 2.53. The fraction of sp³-hybridized carbons (Fsp3) is 0.111. The molecule has 26 heavy (non-hydrogen) atoms. The van der Waals surface area contributed by atoms with Gasteiger partial charge in [0.15, 0.2) is 5.82 Å². The van der Waals surface area contributed by atoms with E-state index in [-0.39, 0.29) is 12.4 Å². The van der Waals surface area contributed by atoms with E-state index in [0.29, 0.717) is 10.9 Å². The third kappa shape index (κ3) is 4.78. The molecule has 0 aliphatic heterocycles. The van der Waals surface area contributed by atoms with Gasteiger partial charge >= 0.3 is 0 Å². The van der Waals surface area contributed by atoms with E-state index in [1.54, 1.807) is 24.3 Å². The molecule has 1 aromatic heterocycles. The quantitative estimate of drug-likeness (QED) is 0.693. The summed E-state index contributed by atoms with van der Waals surface area (Å²) in [7, 11) is -3.64. The van der Waals surface area contributed by atoms with Crippen molar-refractivity contribution in [1.29, 1.82) is 0 Å². The van der Waals surface area contributed by atoms with Crippen LogP contribution in [-0.4, -0.2) is 18.6 Å². The smallest absolute Gasteiger partial charge is 0.258 e. The van der Waals surface area contributed by atoms with Gasteiger partial charge in [-0.1, -0.05) is 47.1 Å². The Kier molecular flexibility index (Phi) is 5.51. The van der Waals surface area contributed by atoms with Crippen LogP contribution in [-0.2, 0) is 16.6 Å². The first-order valence-electron chi connectivity index (χ1n) is 7.75. The van der Waals surface area contributed by atoms with Gasteiger partial charge in [-0.3, -0.25) is 0 Å². The molecule has 0 unspecified atom stereocenters. The normalized spacial score (nSPS) is 11.9. The largest absolute Gasteiger partial charge is 0.334 e. The molecule has 3 rings (SSSR count). The number of nitrogens with one attached hydrogen (secondary N) is 1. The number of hydrogen-bond acceptors (Lipinski definition) is 5. The van der Waals surface area contributed by atoms with Crippen molar-refractivity contribution in [2.45, 2.75) is 13.5 Å². The van der Waals surface area contributed by atoms with Crippen molar-refractivity contribution in [3.8, 4) is 11.5 Å². The predicted molar refractivity (Wildman–Crippen MR) is 101 cm³/mol. The Hall–Kier alpha value is -2.48. The standard InChI is InChI=1S/C18H16ClN3O3S/c1-13-4-2-3-5-16(13)18-21-17(22-25-18)12-20-26(23,24)11-10-14-6-8-15(19)9-7-14/h2-11,20H,12H2,1H3. The Labute approximate surface area is 156 Å². The second-order valence-electron chi connectivity index (χ2n) is 5.55. The molecule has 2 aromatic carbocycles. The first kappa shape index (κ1) is 18.3. The summed E-state index contributed by atoms with van der Waals surface area (Å²) >= 11 is 5.80. The predicted octanol–water partition coefficient (Wildman–Crippen LogP) is 3.79. The van der Waals surface area contributed by atoms with Crippen molar-refractivity contribution < 1.29 is 12.9 Å². The van der Waals surface area contributed by atoms with Crippen molar-refractivity contribution in [1.82, 2.24) is 14.9 Å². The summed E-state index contributed by atoms with van der Waals surface area (Å²) in [4.78, 5) is 4.23. The lowest BCUT2D eigenvalue weighted by molar-refractivity contribution is 0.421. The van der Waals surface area contributed by atoms with E-state index in [0.717, 1.165) is 22.1 Å². The van der Waals surface area contributed by atoms with E-state index in [1.165, 1.54) is 6.08 Å². The highest BCUT2D eigenvalue weighted by Gasteiger charge is 2.13. The lowest BCUT2D eigenvalue weighted by atomic mass is 10.1. The Balaban J connectivity index is 1.65. The van der Waals surface area contributed by atoms with Crippen molar-refractivity contribution in [3.63, 3.8) is 0 Å². The molecule has 0 amide bonds. The average molecular weight is 390 g/mol. The second kappa shape index (κ2) is 7.82. The molecule has 6 nitrogen and oxygen atoms in total. The lowest BCUT2D eigenvalue weighted by Gasteiger charge is -1.99. The first-order valence-corrected chi connectivity index (χ1v) is 9.67. The van der Waals surface area contributed by atoms with Crippen LogP contribution in [0.5, 0.6) is 0 Å². The van der Waals surface area contributed by atoms with Gasteiger partial charge in [-0.15, -0.1) is 0 Å². The van der Waals surface area contributed by atoms with E-state index < -0.39 is 10.0 Å². The molecule has 0 saturated carbocycles. The highest BCUT2D eigenvalue weighted by atomic mass is 35.5. The molecule has 3 aromatic rings. The molecule has 0 spiro atoms. The van der Waals surface area contributed by atoms with Crippen LogP contribution >= 0.6 is 11.6 Å². The Morgan fingerprint density at radius 3 is 2.62 bits per heavy atom. The zero-order chi connectivity index (χ0) is 18.6. The summed E-state index contributed by atoms with van der Waals surface area (Å²) in [5.74, 6) is 0.612. The summed E-state index contributed by atoms with van der Waals surface area (Å²) in [5, 5.41) is 5.48. The van der Waals surface area contributed by atoms with Gasteiger partial charge < -0.3 is 4.52 Å². The number of hydrogen-bond donors (Lipinski definition) is 1. The Morgan fingerprint density at radius 2 is 1.88 bits per heavy atom. The van der Waals surface area contributed by atoms with E-state index in [4.69, 9.17) is 16.1 Å². The molecule has 0 bridgehead atoms. The van der Waals surface area contributed by atoms with Crippen LogP contribution in [0.1, 0.15) is 17.0 Å². The van der Waals surface area contributed by atoms with Crippen LogP contribution in [0.2, 0.25) is 5.02 Å². The van der Waals surface area contributed by atoms with Crippen LogP contribution < -0.4 is 4.72 Å². The van der Waals surface area contributed by atoms with Crippen molar-refractivity contribution in [3.05, 3.63) is 75.9 Å². The van der Waals surface area contributed by atoms with Gasteiger partial charge in [-0.25, -0.2) is 13.1 Å². The minimum absolute atomic E-state index is 0.0668. The van der Waals surface area contributed by atoms with E-state index in [9.17, 15) is 8.42 Å². The number of rotatable bonds is 6. The second-order valence-corrected chi connectivity index (χ2v) is 7.64. The molecular formula is C18H16ClN3O3S. The summed E-state index contributed by atoms with van der Waals surface area (Å²) in [6.45, 7) is 1.87. The Bertz CT molecular complexity index is 1030. The average Bonchev–Trinajstić information content (AvgIpc) is 3.09. The Morgan fingerprint density at radius 1 is 1.15 bits per heavy atom. The van der Waals surface area contributed by atoms with Crippen molar-refractivity contribution in [2.75, 3.05) is 0 Å². The van der Waals surface area contributed by atoms with Crippen LogP contribution in [0.25, 0.3) is 17.5 Å². The van der Waals surface area contributed by atoms with Gasteiger partial charge in [0.25, 0.3) is 5.89 Å². The summed E-state index contributed by atoms with van der Waals surface area (Å²) < 4.78 is 31.8. The van der Waals surface area contributed by atoms with Crippen LogP contribution in [0, 0.1) is 6.92 Å². The fourth-order valence-electron chi connectivity index (χ4n) is 2.20. The number of benzene rings is 2. The van der Waals surface area contributed by atoms with Gasteiger partial charge in [0.1, 0.15) is 0 Å². The number of aryl methyl sites for hydroxylation is 1. The molecule has 0 atom stereocenters.